The number of rotatable bonds is 6. The molecule has 25 heavy (non-hydrogen) atoms. The first-order valence-corrected chi connectivity index (χ1v) is 8.78. The molecule has 2 aromatic rings. The summed E-state index contributed by atoms with van der Waals surface area (Å²) in [4.78, 5) is 15.0. The zero-order valence-electron chi connectivity index (χ0n) is 14.9. The molecule has 6 nitrogen and oxygen atoms in total. The quantitative estimate of drug-likeness (QED) is 0.803. The summed E-state index contributed by atoms with van der Waals surface area (Å²) < 4.78 is 12.6. The average Bonchev–Trinajstić information content (AvgIpc) is 2.63. The Kier molecular flexibility index (Phi) is 5.83. The van der Waals surface area contributed by atoms with Crippen molar-refractivity contribution in [2.45, 2.75) is 26.5 Å². The summed E-state index contributed by atoms with van der Waals surface area (Å²) in [5.41, 5.74) is 1.54. The molecule has 0 saturated carbocycles. The Balaban J connectivity index is 1.88. The van der Waals surface area contributed by atoms with E-state index in [1.807, 2.05) is 44.2 Å². The van der Waals surface area contributed by atoms with Crippen LogP contribution in [0.25, 0.3) is 11.3 Å². The molecule has 1 aliphatic rings. The minimum absolute atomic E-state index is 0.0635. The fourth-order valence-electron chi connectivity index (χ4n) is 2.82. The van der Waals surface area contributed by atoms with E-state index >= 15 is 0 Å². The number of aromatic nitrogens is 2. The van der Waals surface area contributed by atoms with Crippen molar-refractivity contribution < 1.29 is 9.47 Å². The van der Waals surface area contributed by atoms with E-state index in [4.69, 9.17) is 9.47 Å². The number of hydrogen-bond acceptors (Lipinski definition) is 5. The average molecular weight is 343 g/mol. The van der Waals surface area contributed by atoms with Crippen molar-refractivity contribution in [2.75, 3.05) is 32.8 Å². The zero-order chi connectivity index (χ0) is 17.6. The van der Waals surface area contributed by atoms with Crippen LogP contribution in [0.3, 0.4) is 0 Å². The van der Waals surface area contributed by atoms with E-state index in [0.29, 0.717) is 12.3 Å². The maximum Gasteiger partial charge on any atom is 0.309 e. The molecule has 3 rings (SSSR count). The predicted octanol–water partition coefficient (Wildman–Crippen LogP) is 2.03. The van der Waals surface area contributed by atoms with Crippen molar-refractivity contribution in [3.63, 3.8) is 0 Å². The van der Waals surface area contributed by atoms with E-state index in [2.05, 4.69) is 10.00 Å². The Hall–Kier alpha value is -2.18. The van der Waals surface area contributed by atoms with Gasteiger partial charge in [0.15, 0.2) is 5.75 Å². The molecular weight excluding hydrogens is 318 g/mol. The second kappa shape index (κ2) is 8.27. The molecule has 2 heterocycles. The van der Waals surface area contributed by atoms with Crippen LogP contribution in [0.2, 0.25) is 0 Å². The van der Waals surface area contributed by atoms with Crippen LogP contribution in [-0.4, -0.2) is 53.6 Å². The van der Waals surface area contributed by atoms with Gasteiger partial charge in [0.2, 0.25) is 0 Å². The van der Waals surface area contributed by atoms with Crippen molar-refractivity contribution in [2.24, 2.45) is 0 Å². The normalized spacial score (nSPS) is 15.5. The lowest BCUT2D eigenvalue weighted by atomic mass is 10.1. The van der Waals surface area contributed by atoms with Crippen molar-refractivity contribution >= 4 is 0 Å². The summed E-state index contributed by atoms with van der Waals surface area (Å²) in [7, 11) is 0. The van der Waals surface area contributed by atoms with Crippen molar-refractivity contribution in [1.29, 1.82) is 0 Å². The fraction of sp³-hybridized carbons (Fsp3) is 0.474. The highest BCUT2D eigenvalue weighted by Crippen LogP contribution is 2.19. The number of hydrogen-bond donors (Lipinski definition) is 0. The van der Waals surface area contributed by atoms with Crippen LogP contribution in [0.15, 0.2) is 41.2 Å². The predicted molar refractivity (Wildman–Crippen MR) is 97.0 cm³/mol. The number of nitrogens with zero attached hydrogens (tertiary/aromatic N) is 3. The van der Waals surface area contributed by atoms with Gasteiger partial charge in [-0.05, 0) is 13.8 Å². The second-order valence-electron chi connectivity index (χ2n) is 6.41. The largest absolute Gasteiger partial charge is 0.485 e. The van der Waals surface area contributed by atoms with Gasteiger partial charge in [-0.25, -0.2) is 4.68 Å². The van der Waals surface area contributed by atoms with Crippen LogP contribution < -0.4 is 10.3 Å². The first-order chi connectivity index (χ1) is 12.1. The Labute approximate surface area is 148 Å². The Morgan fingerprint density at radius 3 is 2.56 bits per heavy atom. The maximum absolute atomic E-state index is 12.7. The van der Waals surface area contributed by atoms with Crippen molar-refractivity contribution in [3.8, 4) is 17.0 Å². The Morgan fingerprint density at radius 2 is 1.88 bits per heavy atom. The van der Waals surface area contributed by atoms with Gasteiger partial charge in [0, 0.05) is 31.3 Å². The monoisotopic (exact) mass is 343 g/mol. The molecule has 0 atom stereocenters. The molecule has 1 aromatic heterocycles. The van der Waals surface area contributed by atoms with Gasteiger partial charge in [0.25, 0.3) is 0 Å². The van der Waals surface area contributed by atoms with E-state index in [-0.39, 0.29) is 11.7 Å². The summed E-state index contributed by atoms with van der Waals surface area (Å²) in [5, 5.41) is 4.56. The van der Waals surface area contributed by atoms with Gasteiger partial charge in [-0.15, -0.1) is 0 Å². The Bertz CT molecular complexity index is 737. The minimum Gasteiger partial charge on any atom is -0.485 e. The van der Waals surface area contributed by atoms with E-state index in [1.54, 1.807) is 6.07 Å². The van der Waals surface area contributed by atoms with E-state index in [9.17, 15) is 4.79 Å². The fourth-order valence-corrected chi connectivity index (χ4v) is 2.82. The van der Waals surface area contributed by atoms with Crippen LogP contribution in [0.4, 0.5) is 0 Å². The summed E-state index contributed by atoms with van der Waals surface area (Å²) >= 11 is 0. The van der Waals surface area contributed by atoms with Gasteiger partial charge in [-0.2, -0.15) is 5.10 Å². The Morgan fingerprint density at radius 1 is 1.16 bits per heavy atom. The molecule has 6 heteroatoms. The summed E-state index contributed by atoms with van der Waals surface area (Å²) in [6.45, 7) is 8.41. The van der Waals surface area contributed by atoms with Gasteiger partial charge in [-0.3, -0.25) is 9.69 Å². The second-order valence-corrected chi connectivity index (χ2v) is 6.41. The van der Waals surface area contributed by atoms with Gasteiger partial charge in [-0.1, -0.05) is 30.3 Å². The smallest absolute Gasteiger partial charge is 0.309 e. The lowest BCUT2D eigenvalue weighted by molar-refractivity contribution is 0.0357. The molecule has 1 aliphatic heterocycles. The first-order valence-electron chi connectivity index (χ1n) is 8.78. The van der Waals surface area contributed by atoms with Gasteiger partial charge in [0.1, 0.15) is 0 Å². The van der Waals surface area contributed by atoms with Crippen LogP contribution >= 0.6 is 0 Å². The summed E-state index contributed by atoms with van der Waals surface area (Å²) in [5.74, 6) is 0.353. The highest BCUT2D eigenvalue weighted by molar-refractivity contribution is 5.59. The molecule has 0 radical (unpaired) electrons. The molecule has 1 saturated heterocycles. The minimum atomic E-state index is -0.179. The number of benzene rings is 1. The third-order valence-electron chi connectivity index (χ3n) is 4.11. The van der Waals surface area contributed by atoms with Crippen molar-refractivity contribution in [1.82, 2.24) is 14.7 Å². The van der Waals surface area contributed by atoms with E-state index < -0.39 is 0 Å². The first kappa shape index (κ1) is 17.6. The molecule has 1 aromatic carbocycles. The molecule has 0 spiro atoms. The summed E-state index contributed by atoms with van der Waals surface area (Å²) in [6, 6.07) is 11.6. The molecule has 0 unspecified atom stereocenters. The highest BCUT2D eigenvalue weighted by atomic mass is 16.5. The van der Waals surface area contributed by atoms with Gasteiger partial charge in [0.05, 0.1) is 31.6 Å². The maximum atomic E-state index is 12.7. The third-order valence-corrected chi connectivity index (χ3v) is 4.11. The number of morpholine rings is 1. The lowest BCUT2D eigenvalue weighted by Gasteiger charge is -2.26. The van der Waals surface area contributed by atoms with E-state index in [1.165, 1.54) is 4.68 Å². The lowest BCUT2D eigenvalue weighted by Crippen LogP contribution is -2.40. The highest BCUT2D eigenvalue weighted by Gasteiger charge is 2.15. The molecule has 1 fully saturated rings. The SMILES string of the molecule is CC(C)Oc1cc(-c2ccccc2)nn(CCN2CCOCC2)c1=O. The van der Waals surface area contributed by atoms with Gasteiger partial charge < -0.3 is 9.47 Å². The molecular formula is C19H25N3O3. The molecule has 134 valence electrons. The standard InChI is InChI=1S/C19H25N3O3/c1-15(2)25-18-14-17(16-6-4-3-5-7-16)20-22(19(18)23)9-8-21-10-12-24-13-11-21/h3-7,14-15H,8-13H2,1-2H3. The van der Waals surface area contributed by atoms with Crippen LogP contribution in [-0.2, 0) is 11.3 Å². The van der Waals surface area contributed by atoms with Crippen molar-refractivity contribution in [3.05, 3.63) is 46.8 Å². The number of ether oxygens (including phenoxy) is 2. The van der Waals surface area contributed by atoms with E-state index in [0.717, 1.165) is 44.1 Å². The van der Waals surface area contributed by atoms with Crippen LogP contribution in [0.1, 0.15) is 13.8 Å². The molecule has 0 N–H and O–H groups in total. The summed E-state index contributed by atoms with van der Waals surface area (Å²) in [6.07, 6.45) is -0.0635. The zero-order valence-corrected chi connectivity index (χ0v) is 14.9. The van der Waals surface area contributed by atoms with Crippen LogP contribution in [0, 0.1) is 0 Å². The topological polar surface area (TPSA) is 56.6 Å². The molecule has 0 amide bonds. The molecule has 0 aliphatic carbocycles. The van der Waals surface area contributed by atoms with Gasteiger partial charge >= 0.3 is 5.56 Å². The molecule has 0 bridgehead atoms. The van der Waals surface area contributed by atoms with Crippen LogP contribution in [0.5, 0.6) is 5.75 Å². The third kappa shape index (κ3) is 4.67.